The van der Waals surface area contributed by atoms with Crippen molar-refractivity contribution in [2.75, 3.05) is 12.4 Å². The van der Waals surface area contributed by atoms with E-state index >= 15 is 0 Å². The van der Waals surface area contributed by atoms with Crippen LogP contribution in [0, 0.1) is 28.6 Å². The molecule has 6 nitrogen and oxygen atoms in total. The number of methoxy groups -OCH3 is 1. The molecule has 0 aliphatic heterocycles. The molecule has 0 amide bonds. The molecule has 186 valence electrons. The van der Waals surface area contributed by atoms with Crippen LogP contribution in [0.15, 0.2) is 24.3 Å². The van der Waals surface area contributed by atoms with Crippen molar-refractivity contribution in [3.05, 3.63) is 52.6 Å². The van der Waals surface area contributed by atoms with E-state index in [1.54, 1.807) is 13.0 Å². The fourth-order valence-corrected chi connectivity index (χ4v) is 4.35. The molecule has 1 aromatic carbocycles. The summed E-state index contributed by atoms with van der Waals surface area (Å²) in [5.41, 5.74) is 2.88. The number of aromatic nitrogens is 3. The molecule has 1 saturated carbocycles. The third kappa shape index (κ3) is 5.00. The first kappa shape index (κ1) is 25.5. The first-order valence-corrected chi connectivity index (χ1v) is 15.0. The Morgan fingerprint density at radius 3 is 2.42 bits per heavy atom. The van der Waals surface area contributed by atoms with Crippen LogP contribution in [0.25, 0.3) is 11.0 Å². The number of nitrogens with one attached hydrogen (secondary N) is 1. The zero-order valence-corrected chi connectivity index (χ0v) is 21.7. The Labute approximate surface area is 209 Å². The van der Waals surface area contributed by atoms with Gasteiger partial charge in [0, 0.05) is 11.1 Å². The summed E-state index contributed by atoms with van der Waals surface area (Å²) >= 11 is 0. The second-order valence-electron chi connectivity index (χ2n) is 9.92. The number of benzene rings is 1. The molecule has 1 N–H and O–H groups in total. The number of nitrogens with zero attached hydrogens (tertiary/aromatic N) is 4. The number of anilines is 1. The molecular formula is C26H26F3N5OSi. The molecule has 4 rings (SSSR count). The summed E-state index contributed by atoms with van der Waals surface area (Å²) in [5, 5.41) is 13.4. The van der Waals surface area contributed by atoms with Crippen LogP contribution in [-0.4, -0.2) is 30.1 Å². The minimum Gasteiger partial charge on any atom is -0.481 e. The second-order valence-corrected chi connectivity index (χ2v) is 14.7. The predicted molar refractivity (Wildman–Crippen MR) is 134 cm³/mol. The lowest BCUT2D eigenvalue weighted by atomic mass is 9.97. The van der Waals surface area contributed by atoms with E-state index in [-0.39, 0.29) is 11.4 Å². The summed E-state index contributed by atoms with van der Waals surface area (Å²) in [6.07, 6.45) is -1.57. The summed E-state index contributed by atoms with van der Waals surface area (Å²) in [6.45, 7) is 7.92. The maximum absolute atomic E-state index is 14.9. The molecule has 0 saturated heterocycles. The lowest BCUT2D eigenvalue weighted by Gasteiger charge is -2.19. The van der Waals surface area contributed by atoms with E-state index in [4.69, 9.17) is 4.74 Å². The number of hydrogen-bond donors (Lipinski definition) is 1. The van der Waals surface area contributed by atoms with Crippen molar-refractivity contribution in [1.82, 2.24) is 15.0 Å². The smallest absolute Gasteiger partial charge is 0.266 e. The molecular weight excluding hydrogens is 483 g/mol. The fourth-order valence-electron chi connectivity index (χ4n) is 3.87. The highest BCUT2D eigenvalue weighted by atomic mass is 28.3. The van der Waals surface area contributed by atoms with Crippen LogP contribution in [0.4, 0.5) is 19.0 Å². The van der Waals surface area contributed by atoms with Crippen molar-refractivity contribution in [2.45, 2.75) is 57.3 Å². The normalized spacial score (nSPS) is 15.1. The highest BCUT2D eigenvalue weighted by Gasteiger charge is 2.47. The van der Waals surface area contributed by atoms with Crippen LogP contribution in [0.5, 0.6) is 5.88 Å². The Balaban J connectivity index is 1.87. The van der Waals surface area contributed by atoms with E-state index in [9.17, 15) is 18.4 Å². The van der Waals surface area contributed by atoms with E-state index in [1.165, 1.54) is 19.2 Å². The van der Waals surface area contributed by atoms with Gasteiger partial charge in [0.25, 0.3) is 6.43 Å². The van der Waals surface area contributed by atoms with Crippen LogP contribution in [0.3, 0.4) is 0 Å². The largest absolute Gasteiger partial charge is 0.481 e. The van der Waals surface area contributed by atoms with E-state index in [0.717, 1.165) is 6.07 Å². The highest BCUT2D eigenvalue weighted by molar-refractivity contribution is 6.83. The minimum absolute atomic E-state index is 0.0756. The third-order valence-electron chi connectivity index (χ3n) is 5.99. The summed E-state index contributed by atoms with van der Waals surface area (Å²) in [6, 6.07) is 7.33. The molecule has 1 atom stereocenters. The lowest BCUT2D eigenvalue weighted by molar-refractivity contribution is 0.146. The van der Waals surface area contributed by atoms with Gasteiger partial charge in [-0.1, -0.05) is 37.8 Å². The van der Waals surface area contributed by atoms with E-state index in [2.05, 4.69) is 57.4 Å². The topological polar surface area (TPSA) is 83.7 Å². The van der Waals surface area contributed by atoms with Crippen molar-refractivity contribution in [1.29, 1.82) is 5.26 Å². The molecule has 0 bridgehead atoms. The number of ether oxygens (including phenoxy) is 1. The van der Waals surface area contributed by atoms with Crippen LogP contribution < -0.4 is 10.1 Å². The van der Waals surface area contributed by atoms with Crippen LogP contribution >= 0.6 is 0 Å². The van der Waals surface area contributed by atoms with Crippen molar-refractivity contribution in [2.24, 2.45) is 0 Å². The number of fused-ring (bicyclic) bond motifs is 1. The number of alkyl halides is 2. The Bertz CT molecular complexity index is 1430. The molecule has 2 aromatic heterocycles. The average molecular weight is 510 g/mol. The van der Waals surface area contributed by atoms with Gasteiger partial charge in [0.1, 0.15) is 19.7 Å². The van der Waals surface area contributed by atoms with Gasteiger partial charge in [0.2, 0.25) is 11.7 Å². The van der Waals surface area contributed by atoms with Crippen LogP contribution in [-0.2, 0) is 5.41 Å². The van der Waals surface area contributed by atoms with Gasteiger partial charge in [0.05, 0.1) is 35.6 Å². The van der Waals surface area contributed by atoms with Gasteiger partial charge in [-0.05, 0) is 31.8 Å². The summed E-state index contributed by atoms with van der Waals surface area (Å²) in [7, 11) is -0.261. The van der Waals surface area contributed by atoms with E-state index in [0.29, 0.717) is 41.1 Å². The summed E-state index contributed by atoms with van der Waals surface area (Å²) in [4.78, 5) is 13.6. The fraction of sp³-hybridized carbons (Fsp3) is 0.385. The van der Waals surface area contributed by atoms with Gasteiger partial charge in [-0.2, -0.15) is 10.2 Å². The van der Waals surface area contributed by atoms with Crippen molar-refractivity contribution in [3.63, 3.8) is 0 Å². The monoisotopic (exact) mass is 509 g/mol. The van der Waals surface area contributed by atoms with Gasteiger partial charge in [-0.3, -0.25) is 0 Å². The predicted octanol–water partition coefficient (Wildman–Crippen LogP) is 6.07. The highest BCUT2D eigenvalue weighted by Crippen LogP contribution is 2.51. The number of rotatable bonds is 6. The maximum atomic E-state index is 14.9. The van der Waals surface area contributed by atoms with Crippen LogP contribution in [0.2, 0.25) is 19.6 Å². The molecule has 0 unspecified atom stereocenters. The van der Waals surface area contributed by atoms with Crippen molar-refractivity contribution in [3.8, 4) is 23.4 Å². The maximum Gasteiger partial charge on any atom is 0.266 e. The summed E-state index contributed by atoms with van der Waals surface area (Å²) in [5.74, 6) is 2.90. The lowest BCUT2D eigenvalue weighted by Crippen LogP contribution is -2.17. The second kappa shape index (κ2) is 9.44. The quantitative estimate of drug-likeness (QED) is 0.321. The Hall–Kier alpha value is -3.63. The Morgan fingerprint density at radius 2 is 1.83 bits per heavy atom. The van der Waals surface area contributed by atoms with E-state index < -0.39 is 37.3 Å². The molecule has 2 heterocycles. The van der Waals surface area contributed by atoms with Crippen molar-refractivity contribution < 1.29 is 17.9 Å². The van der Waals surface area contributed by atoms with Gasteiger partial charge in [-0.25, -0.2) is 23.1 Å². The van der Waals surface area contributed by atoms with Crippen LogP contribution in [0.1, 0.15) is 54.7 Å². The number of hydrogen-bond acceptors (Lipinski definition) is 6. The van der Waals surface area contributed by atoms with Gasteiger partial charge < -0.3 is 10.1 Å². The van der Waals surface area contributed by atoms with Crippen molar-refractivity contribution >= 4 is 24.9 Å². The minimum atomic E-state index is -2.93. The number of pyridine rings is 1. The van der Waals surface area contributed by atoms with Gasteiger partial charge in [0.15, 0.2) is 5.65 Å². The zero-order chi connectivity index (χ0) is 26.3. The van der Waals surface area contributed by atoms with E-state index in [1.807, 2.05) is 0 Å². The molecule has 0 radical (unpaired) electrons. The molecule has 1 aliphatic rings. The van der Waals surface area contributed by atoms with Gasteiger partial charge >= 0.3 is 0 Å². The van der Waals surface area contributed by atoms with Gasteiger partial charge in [-0.15, -0.1) is 5.54 Å². The zero-order valence-electron chi connectivity index (χ0n) is 20.7. The first-order valence-electron chi connectivity index (χ1n) is 11.5. The third-order valence-corrected chi connectivity index (χ3v) is 6.86. The molecule has 36 heavy (non-hydrogen) atoms. The molecule has 1 fully saturated rings. The number of halogens is 3. The molecule has 10 heteroatoms. The molecule has 3 aromatic rings. The Morgan fingerprint density at radius 1 is 1.14 bits per heavy atom. The number of nitriles is 1. The summed E-state index contributed by atoms with van der Waals surface area (Å²) < 4.78 is 46.9. The SMILES string of the molecule is COc1nc2nc(C#C[Si](C)(C)C)nc(N[C@H](C)c3cccc(C(F)F)c3F)c2cc1C1(C#N)CC1. The molecule has 0 spiro atoms. The Kier molecular flexibility index (Phi) is 6.67. The average Bonchev–Trinajstić information content (AvgIpc) is 3.62. The first-order chi connectivity index (χ1) is 17.0. The standard InChI is InChI=1S/C26H26F3N5OSi/c1-15(16-7-6-8-17(21(16)27)22(28)29)31-23-18-13-19(26(14-30)10-11-26)25(35-2)34-24(18)33-20(32-23)9-12-36(3,4)5/h6-8,13,15,22H,10-11H2,1-5H3,(H,31,32,33,34)/t15-/m1/s1. The molecule has 1 aliphatic carbocycles.